The Morgan fingerprint density at radius 3 is 2.81 bits per heavy atom. The fourth-order valence-electron chi connectivity index (χ4n) is 1.44. The summed E-state index contributed by atoms with van der Waals surface area (Å²) in [5.74, 6) is 0.802. The van der Waals surface area contributed by atoms with Gasteiger partial charge in [-0.2, -0.15) is 0 Å². The van der Waals surface area contributed by atoms with E-state index in [2.05, 4.69) is 15.3 Å². The number of hydrogen-bond acceptors (Lipinski definition) is 3. The first-order valence-electron chi connectivity index (χ1n) is 5.35. The molecule has 0 radical (unpaired) electrons. The summed E-state index contributed by atoms with van der Waals surface area (Å²) in [6, 6.07) is 7.82. The van der Waals surface area contributed by atoms with Gasteiger partial charge in [-0.25, -0.2) is 4.98 Å². The number of nitrogens with one attached hydrogen (secondary N) is 1. The average Bonchev–Trinajstić information content (AvgIpc) is 2.28. The molecule has 0 saturated heterocycles. The van der Waals surface area contributed by atoms with E-state index in [9.17, 15) is 0 Å². The first-order chi connectivity index (χ1) is 7.75. The van der Waals surface area contributed by atoms with E-state index in [0.717, 1.165) is 29.8 Å². The monoisotopic (exact) mass is 235 g/mol. The summed E-state index contributed by atoms with van der Waals surface area (Å²) < 4.78 is 0. The van der Waals surface area contributed by atoms with Crippen molar-refractivity contribution in [2.75, 3.05) is 11.9 Å². The highest BCUT2D eigenvalue weighted by atomic mass is 35.5. The maximum atomic E-state index is 5.86. The predicted molar refractivity (Wildman–Crippen MR) is 68.0 cm³/mol. The molecule has 4 heteroatoms. The molecular formula is C12H14ClN3. The van der Waals surface area contributed by atoms with Crippen LogP contribution in [-0.4, -0.2) is 21.9 Å². The quantitative estimate of drug-likeness (QED) is 0.828. The minimum atomic E-state index is 0.181. The third-order valence-corrected chi connectivity index (χ3v) is 2.52. The van der Waals surface area contributed by atoms with Crippen molar-refractivity contribution in [3.8, 4) is 0 Å². The lowest BCUT2D eigenvalue weighted by Gasteiger charge is -2.06. The van der Waals surface area contributed by atoms with Crippen LogP contribution in [0.2, 0.25) is 0 Å². The van der Waals surface area contributed by atoms with Crippen molar-refractivity contribution in [3.05, 3.63) is 30.5 Å². The van der Waals surface area contributed by atoms with E-state index < -0.39 is 0 Å². The van der Waals surface area contributed by atoms with Crippen LogP contribution in [0.1, 0.15) is 13.3 Å². The van der Waals surface area contributed by atoms with E-state index in [1.807, 2.05) is 31.2 Å². The van der Waals surface area contributed by atoms with Gasteiger partial charge in [-0.05, 0) is 25.5 Å². The van der Waals surface area contributed by atoms with E-state index in [1.54, 1.807) is 6.20 Å². The first-order valence-corrected chi connectivity index (χ1v) is 5.79. The highest BCUT2D eigenvalue weighted by Crippen LogP contribution is 2.11. The summed E-state index contributed by atoms with van der Waals surface area (Å²) in [7, 11) is 0. The molecular weight excluding hydrogens is 222 g/mol. The lowest BCUT2D eigenvalue weighted by Crippen LogP contribution is -2.07. The van der Waals surface area contributed by atoms with E-state index >= 15 is 0 Å². The van der Waals surface area contributed by atoms with Crippen molar-refractivity contribution in [2.24, 2.45) is 0 Å². The number of anilines is 1. The second kappa shape index (κ2) is 5.12. The summed E-state index contributed by atoms with van der Waals surface area (Å²) >= 11 is 5.86. The van der Waals surface area contributed by atoms with E-state index in [4.69, 9.17) is 11.6 Å². The molecule has 84 valence electrons. The van der Waals surface area contributed by atoms with Gasteiger partial charge in [-0.3, -0.25) is 4.98 Å². The van der Waals surface area contributed by atoms with Gasteiger partial charge in [0.05, 0.1) is 17.2 Å². The van der Waals surface area contributed by atoms with Gasteiger partial charge < -0.3 is 5.32 Å². The molecule has 0 saturated carbocycles. The zero-order chi connectivity index (χ0) is 11.4. The van der Waals surface area contributed by atoms with Gasteiger partial charge in [0.25, 0.3) is 0 Å². The normalized spacial score (nSPS) is 12.6. The molecule has 1 heterocycles. The molecule has 0 amide bonds. The summed E-state index contributed by atoms with van der Waals surface area (Å²) in [5.41, 5.74) is 1.82. The molecule has 0 fully saturated rings. The second-order valence-corrected chi connectivity index (χ2v) is 4.49. The van der Waals surface area contributed by atoms with Gasteiger partial charge >= 0.3 is 0 Å². The van der Waals surface area contributed by atoms with Gasteiger partial charge in [-0.15, -0.1) is 11.6 Å². The molecule has 3 nitrogen and oxygen atoms in total. The van der Waals surface area contributed by atoms with Crippen molar-refractivity contribution in [1.82, 2.24) is 9.97 Å². The third kappa shape index (κ3) is 2.83. The highest BCUT2D eigenvalue weighted by Gasteiger charge is 1.99. The Labute approximate surface area is 99.9 Å². The van der Waals surface area contributed by atoms with Crippen LogP contribution in [0.4, 0.5) is 5.82 Å². The molecule has 0 aliphatic heterocycles. The molecule has 1 aromatic carbocycles. The molecule has 1 unspecified atom stereocenters. The molecule has 0 bridgehead atoms. The summed E-state index contributed by atoms with van der Waals surface area (Å²) in [6.07, 6.45) is 2.66. The van der Waals surface area contributed by atoms with Gasteiger partial charge in [0.15, 0.2) is 0 Å². The maximum Gasteiger partial charge on any atom is 0.145 e. The van der Waals surface area contributed by atoms with Crippen molar-refractivity contribution < 1.29 is 0 Å². The number of hydrogen-bond donors (Lipinski definition) is 1. The molecule has 16 heavy (non-hydrogen) atoms. The number of rotatable bonds is 4. The van der Waals surface area contributed by atoms with Crippen molar-refractivity contribution in [1.29, 1.82) is 0 Å². The number of alkyl halides is 1. The van der Waals surface area contributed by atoms with Crippen molar-refractivity contribution >= 4 is 28.5 Å². The lowest BCUT2D eigenvalue weighted by atomic mass is 10.3. The molecule has 0 spiro atoms. The largest absolute Gasteiger partial charge is 0.369 e. The Kier molecular flexibility index (Phi) is 3.57. The van der Waals surface area contributed by atoms with E-state index in [-0.39, 0.29) is 5.38 Å². The zero-order valence-corrected chi connectivity index (χ0v) is 9.91. The predicted octanol–water partition coefficient (Wildman–Crippen LogP) is 3.06. The number of nitrogens with zero attached hydrogens (tertiary/aromatic N) is 2. The highest BCUT2D eigenvalue weighted by molar-refractivity contribution is 6.20. The summed E-state index contributed by atoms with van der Waals surface area (Å²) in [5, 5.41) is 3.39. The minimum absolute atomic E-state index is 0.181. The van der Waals surface area contributed by atoms with Gasteiger partial charge in [0.1, 0.15) is 5.82 Å². The van der Waals surface area contributed by atoms with Gasteiger partial charge in [-0.1, -0.05) is 12.1 Å². The van der Waals surface area contributed by atoms with Crippen LogP contribution < -0.4 is 5.32 Å². The standard InChI is InChI=1S/C12H14ClN3/c1-9(13)6-7-14-12-8-15-10-4-2-3-5-11(10)16-12/h2-5,8-9H,6-7H2,1H3,(H,14,16). The molecule has 1 aromatic heterocycles. The van der Waals surface area contributed by atoms with Crippen LogP contribution >= 0.6 is 11.6 Å². The molecule has 2 rings (SSSR count). The van der Waals surface area contributed by atoms with Crippen LogP contribution in [0, 0.1) is 0 Å². The number of para-hydroxylation sites is 2. The van der Waals surface area contributed by atoms with Crippen molar-refractivity contribution in [2.45, 2.75) is 18.7 Å². The first kappa shape index (κ1) is 11.1. The Bertz CT molecular complexity index is 471. The molecule has 1 atom stereocenters. The fourth-order valence-corrected chi connectivity index (χ4v) is 1.55. The summed E-state index contributed by atoms with van der Waals surface area (Å²) in [6.45, 7) is 2.80. The van der Waals surface area contributed by atoms with Crippen LogP contribution in [0.25, 0.3) is 11.0 Å². The lowest BCUT2D eigenvalue weighted by molar-refractivity contribution is 0.839. The summed E-state index contributed by atoms with van der Waals surface area (Å²) in [4.78, 5) is 8.78. The Hall–Kier alpha value is -1.35. The van der Waals surface area contributed by atoms with Crippen LogP contribution in [0.15, 0.2) is 30.5 Å². The van der Waals surface area contributed by atoms with Gasteiger partial charge in [0.2, 0.25) is 0 Å². The van der Waals surface area contributed by atoms with Crippen molar-refractivity contribution in [3.63, 3.8) is 0 Å². The van der Waals surface area contributed by atoms with E-state index in [0.29, 0.717) is 0 Å². The number of aromatic nitrogens is 2. The van der Waals surface area contributed by atoms with Gasteiger partial charge in [0, 0.05) is 11.9 Å². The second-order valence-electron chi connectivity index (χ2n) is 3.74. The Morgan fingerprint density at radius 2 is 2.06 bits per heavy atom. The molecule has 2 aromatic rings. The minimum Gasteiger partial charge on any atom is -0.369 e. The molecule has 0 aliphatic rings. The number of fused-ring (bicyclic) bond motifs is 1. The fraction of sp³-hybridized carbons (Fsp3) is 0.333. The van der Waals surface area contributed by atoms with Crippen LogP contribution in [-0.2, 0) is 0 Å². The molecule has 0 aliphatic carbocycles. The topological polar surface area (TPSA) is 37.8 Å². The Morgan fingerprint density at radius 1 is 1.31 bits per heavy atom. The zero-order valence-electron chi connectivity index (χ0n) is 9.15. The number of benzene rings is 1. The molecule has 1 N–H and O–H groups in total. The maximum absolute atomic E-state index is 5.86. The van der Waals surface area contributed by atoms with Crippen LogP contribution in [0.3, 0.4) is 0 Å². The third-order valence-electron chi connectivity index (χ3n) is 2.30. The number of halogens is 1. The van der Waals surface area contributed by atoms with E-state index in [1.165, 1.54) is 0 Å². The SMILES string of the molecule is CC(Cl)CCNc1cnc2ccccc2n1. The Balaban J connectivity index is 2.08. The average molecular weight is 236 g/mol. The smallest absolute Gasteiger partial charge is 0.145 e. The van der Waals surface area contributed by atoms with Crippen LogP contribution in [0.5, 0.6) is 0 Å².